The number of sulfonamides is 1. The lowest BCUT2D eigenvalue weighted by Crippen LogP contribution is -2.35. The van der Waals surface area contributed by atoms with E-state index in [0.717, 1.165) is 11.1 Å². The van der Waals surface area contributed by atoms with E-state index >= 15 is 0 Å². The maximum Gasteiger partial charge on any atom is 0.243 e. The molecule has 6 nitrogen and oxygen atoms in total. The van der Waals surface area contributed by atoms with Crippen molar-refractivity contribution in [1.82, 2.24) is 14.1 Å². The summed E-state index contributed by atoms with van der Waals surface area (Å²) in [6, 6.07) is 6.48. The summed E-state index contributed by atoms with van der Waals surface area (Å²) >= 11 is 0. The minimum absolute atomic E-state index is 0.283. The number of hydrogen-bond donors (Lipinski definition) is 0. The molecule has 0 atom stereocenters. The van der Waals surface area contributed by atoms with Gasteiger partial charge in [0.25, 0.3) is 0 Å². The van der Waals surface area contributed by atoms with Crippen molar-refractivity contribution in [3.63, 3.8) is 0 Å². The van der Waals surface area contributed by atoms with Crippen molar-refractivity contribution in [3.8, 4) is 5.75 Å². The zero-order valence-electron chi connectivity index (χ0n) is 13.1. The highest BCUT2D eigenvalue weighted by Crippen LogP contribution is 2.26. The smallest absolute Gasteiger partial charge is 0.243 e. The van der Waals surface area contributed by atoms with Crippen LogP contribution < -0.4 is 4.74 Å². The Morgan fingerprint density at radius 2 is 1.96 bits per heavy atom. The summed E-state index contributed by atoms with van der Waals surface area (Å²) in [6.45, 7) is 0.845. The molecular weight excluding hydrogens is 314 g/mol. The second kappa shape index (κ2) is 6.17. The summed E-state index contributed by atoms with van der Waals surface area (Å²) in [7, 11) is -0.111. The second-order valence-electron chi connectivity index (χ2n) is 5.43. The molecule has 7 heteroatoms. The standard InChI is InChI=1S/C16H19N3O3S/c1-18-11-14(10-17-18)13-4-3-9-19(12-13)23(20,21)16-7-5-15(22-2)6-8-16/h4-8,10-11H,3,9,12H2,1-2H3. The fourth-order valence-corrected chi connectivity index (χ4v) is 4.05. The van der Waals surface area contributed by atoms with Gasteiger partial charge in [0.05, 0.1) is 18.2 Å². The molecule has 0 saturated heterocycles. The zero-order chi connectivity index (χ0) is 16.4. The Morgan fingerprint density at radius 1 is 1.22 bits per heavy atom. The van der Waals surface area contributed by atoms with Crippen LogP contribution in [-0.4, -0.2) is 42.7 Å². The van der Waals surface area contributed by atoms with Crippen LogP contribution >= 0.6 is 0 Å². The number of benzene rings is 1. The van der Waals surface area contributed by atoms with E-state index in [1.165, 1.54) is 4.31 Å². The van der Waals surface area contributed by atoms with Gasteiger partial charge in [-0.05, 0) is 36.3 Å². The van der Waals surface area contributed by atoms with Gasteiger partial charge >= 0.3 is 0 Å². The first-order chi connectivity index (χ1) is 11.0. The van der Waals surface area contributed by atoms with Gasteiger partial charge in [0, 0.05) is 31.9 Å². The summed E-state index contributed by atoms with van der Waals surface area (Å²) in [5.74, 6) is 0.638. The summed E-state index contributed by atoms with van der Waals surface area (Å²) in [5.41, 5.74) is 1.95. The van der Waals surface area contributed by atoms with E-state index in [1.54, 1.807) is 42.3 Å². The molecule has 0 N–H and O–H groups in total. The number of aryl methyl sites for hydroxylation is 1. The molecule has 1 aromatic carbocycles. The molecule has 1 aromatic heterocycles. The predicted molar refractivity (Wildman–Crippen MR) is 87.6 cm³/mol. The van der Waals surface area contributed by atoms with Gasteiger partial charge in [-0.25, -0.2) is 8.42 Å². The van der Waals surface area contributed by atoms with Crippen molar-refractivity contribution in [3.05, 3.63) is 48.3 Å². The first-order valence-electron chi connectivity index (χ1n) is 7.33. The van der Waals surface area contributed by atoms with E-state index in [2.05, 4.69) is 11.2 Å². The van der Waals surface area contributed by atoms with E-state index in [0.29, 0.717) is 25.3 Å². The molecule has 2 aromatic rings. The van der Waals surface area contributed by atoms with Crippen LogP contribution in [0, 0.1) is 0 Å². The van der Waals surface area contributed by atoms with Crippen LogP contribution in [-0.2, 0) is 17.1 Å². The number of nitrogens with zero attached hydrogens (tertiary/aromatic N) is 3. The zero-order valence-corrected chi connectivity index (χ0v) is 14.0. The molecule has 122 valence electrons. The highest BCUT2D eigenvalue weighted by atomic mass is 32.2. The average molecular weight is 333 g/mol. The van der Waals surface area contributed by atoms with Gasteiger partial charge in [0.15, 0.2) is 0 Å². The minimum Gasteiger partial charge on any atom is -0.497 e. The summed E-state index contributed by atoms with van der Waals surface area (Å²) in [5, 5.41) is 4.15. The molecule has 0 radical (unpaired) electrons. The Kier molecular flexibility index (Phi) is 4.23. The molecule has 0 unspecified atom stereocenters. The lowest BCUT2D eigenvalue weighted by atomic mass is 10.1. The Morgan fingerprint density at radius 3 is 2.57 bits per heavy atom. The first-order valence-corrected chi connectivity index (χ1v) is 8.77. The number of aromatic nitrogens is 2. The molecule has 0 bridgehead atoms. The normalized spacial score (nSPS) is 16.2. The maximum absolute atomic E-state index is 12.8. The van der Waals surface area contributed by atoms with Crippen molar-refractivity contribution < 1.29 is 13.2 Å². The van der Waals surface area contributed by atoms with Gasteiger partial charge in [-0.3, -0.25) is 4.68 Å². The van der Waals surface area contributed by atoms with Crippen molar-refractivity contribution in [1.29, 1.82) is 0 Å². The van der Waals surface area contributed by atoms with Gasteiger partial charge in [-0.2, -0.15) is 9.40 Å². The van der Waals surface area contributed by atoms with Gasteiger partial charge in [-0.15, -0.1) is 0 Å². The molecule has 23 heavy (non-hydrogen) atoms. The van der Waals surface area contributed by atoms with Gasteiger partial charge in [0.1, 0.15) is 5.75 Å². The molecule has 1 aliphatic heterocycles. The van der Waals surface area contributed by atoms with Gasteiger partial charge in [0.2, 0.25) is 10.0 Å². The topological polar surface area (TPSA) is 64.4 Å². The average Bonchev–Trinajstić information content (AvgIpc) is 3.01. The fraction of sp³-hybridized carbons (Fsp3) is 0.312. The molecule has 1 aliphatic rings. The number of hydrogen-bond acceptors (Lipinski definition) is 4. The van der Waals surface area contributed by atoms with Crippen molar-refractivity contribution in [2.45, 2.75) is 11.3 Å². The van der Waals surface area contributed by atoms with Gasteiger partial charge < -0.3 is 4.74 Å². The molecule has 2 heterocycles. The van der Waals surface area contributed by atoms with Crippen LogP contribution in [0.1, 0.15) is 12.0 Å². The first kappa shape index (κ1) is 15.8. The van der Waals surface area contributed by atoms with Crippen LogP contribution in [0.3, 0.4) is 0 Å². The molecule has 0 aliphatic carbocycles. The van der Waals surface area contributed by atoms with Crippen molar-refractivity contribution in [2.75, 3.05) is 20.2 Å². The highest BCUT2D eigenvalue weighted by molar-refractivity contribution is 7.89. The third-order valence-corrected chi connectivity index (χ3v) is 5.75. The molecule has 0 amide bonds. The quantitative estimate of drug-likeness (QED) is 0.857. The lowest BCUT2D eigenvalue weighted by molar-refractivity contribution is 0.414. The Labute approximate surface area is 136 Å². The second-order valence-corrected chi connectivity index (χ2v) is 7.37. The van der Waals surface area contributed by atoms with Crippen LogP contribution in [0.5, 0.6) is 5.75 Å². The Balaban J connectivity index is 1.84. The molecule has 0 fully saturated rings. The SMILES string of the molecule is COc1ccc(S(=O)(=O)N2CCC=C(c3cnn(C)c3)C2)cc1. The molecular formula is C16H19N3O3S. The van der Waals surface area contributed by atoms with Crippen LogP contribution in [0.2, 0.25) is 0 Å². The summed E-state index contributed by atoms with van der Waals surface area (Å²) in [4.78, 5) is 0.283. The van der Waals surface area contributed by atoms with E-state index in [-0.39, 0.29) is 4.90 Å². The van der Waals surface area contributed by atoms with Gasteiger partial charge in [-0.1, -0.05) is 6.08 Å². The van der Waals surface area contributed by atoms with Crippen LogP contribution in [0.15, 0.2) is 47.6 Å². The van der Waals surface area contributed by atoms with Crippen molar-refractivity contribution in [2.24, 2.45) is 7.05 Å². The van der Waals surface area contributed by atoms with E-state index < -0.39 is 10.0 Å². The summed E-state index contributed by atoms with van der Waals surface area (Å²) < 4.78 is 33.9. The minimum atomic E-state index is -3.51. The van der Waals surface area contributed by atoms with E-state index in [1.807, 2.05) is 13.2 Å². The Bertz CT molecular complexity index is 823. The number of methoxy groups -OCH3 is 1. The molecule has 3 rings (SSSR count). The van der Waals surface area contributed by atoms with Crippen LogP contribution in [0.4, 0.5) is 0 Å². The maximum atomic E-state index is 12.8. The molecule has 0 spiro atoms. The predicted octanol–water partition coefficient (Wildman–Crippen LogP) is 1.91. The van der Waals surface area contributed by atoms with Crippen molar-refractivity contribution >= 4 is 15.6 Å². The Hall–Kier alpha value is -2.12. The lowest BCUT2D eigenvalue weighted by Gasteiger charge is -2.26. The van der Waals surface area contributed by atoms with E-state index in [9.17, 15) is 8.42 Å². The largest absolute Gasteiger partial charge is 0.497 e. The molecule has 0 saturated carbocycles. The number of rotatable bonds is 4. The fourth-order valence-electron chi connectivity index (χ4n) is 2.61. The highest BCUT2D eigenvalue weighted by Gasteiger charge is 2.27. The van der Waals surface area contributed by atoms with Crippen LogP contribution in [0.25, 0.3) is 5.57 Å². The van der Waals surface area contributed by atoms with E-state index in [4.69, 9.17) is 4.74 Å². The third kappa shape index (κ3) is 3.16. The summed E-state index contributed by atoms with van der Waals surface area (Å²) in [6.07, 6.45) is 6.43. The monoisotopic (exact) mass is 333 g/mol. The number of ether oxygens (including phenoxy) is 1. The third-order valence-electron chi connectivity index (χ3n) is 3.89.